The predicted octanol–water partition coefficient (Wildman–Crippen LogP) is 3.78. The van der Waals surface area contributed by atoms with Crippen molar-refractivity contribution in [3.8, 4) is 0 Å². The topological polar surface area (TPSA) is 44.8 Å². The van der Waals surface area contributed by atoms with E-state index in [1.165, 1.54) is 7.11 Å². The molecule has 0 amide bonds. The highest BCUT2D eigenvalue weighted by molar-refractivity contribution is 5.77. The minimum absolute atomic E-state index is 0.126. The molecule has 1 aromatic rings. The summed E-state index contributed by atoms with van der Waals surface area (Å²) >= 11 is 0. The van der Waals surface area contributed by atoms with E-state index in [9.17, 15) is 4.79 Å². The summed E-state index contributed by atoms with van der Waals surface area (Å²) < 4.78 is 17.3. The van der Waals surface area contributed by atoms with E-state index in [-0.39, 0.29) is 11.4 Å². The first kappa shape index (κ1) is 16.2. The van der Waals surface area contributed by atoms with Crippen LogP contribution in [0, 0.1) is 5.41 Å². The van der Waals surface area contributed by atoms with Gasteiger partial charge >= 0.3 is 5.97 Å². The van der Waals surface area contributed by atoms with Crippen molar-refractivity contribution in [1.82, 2.24) is 0 Å². The van der Waals surface area contributed by atoms with Gasteiger partial charge in [-0.2, -0.15) is 0 Å². The first-order valence-corrected chi connectivity index (χ1v) is 8.22. The lowest BCUT2D eigenvalue weighted by Crippen LogP contribution is -2.45. The van der Waals surface area contributed by atoms with Crippen LogP contribution in [0.15, 0.2) is 43.0 Å². The van der Waals surface area contributed by atoms with Gasteiger partial charge in [0.15, 0.2) is 6.10 Å². The average Bonchev–Trinajstić information content (AvgIpc) is 3.03. The van der Waals surface area contributed by atoms with Crippen LogP contribution in [0.5, 0.6) is 0 Å². The maximum atomic E-state index is 12.8. The molecule has 1 aliphatic carbocycles. The zero-order valence-electron chi connectivity index (χ0n) is 13.6. The summed E-state index contributed by atoms with van der Waals surface area (Å²) in [4.78, 5) is 12.8. The molecule has 1 aromatic carbocycles. The molecule has 4 nitrogen and oxygen atoms in total. The fourth-order valence-corrected chi connectivity index (χ4v) is 4.10. The van der Waals surface area contributed by atoms with Crippen molar-refractivity contribution >= 4 is 5.97 Å². The van der Waals surface area contributed by atoms with E-state index in [2.05, 4.69) is 6.58 Å². The van der Waals surface area contributed by atoms with Gasteiger partial charge in [0.2, 0.25) is 5.79 Å². The van der Waals surface area contributed by atoms with Crippen LogP contribution in [0.25, 0.3) is 0 Å². The standard InChI is InChI=1S/C19H24O4/c1-3-10-18-11-7-12-19(18,22-14-13-18)23-17(20)16(21-2)15-8-5-4-6-9-15/h3-6,8-9,16H,1,7,10-14H2,2H3. The minimum atomic E-state index is -0.816. The minimum Gasteiger partial charge on any atom is -0.430 e. The van der Waals surface area contributed by atoms with Gasteiger partial charge in [-0.3, -0.25) is 0 Å². The molecule has 0 spiro atoms. The second-order valence-electron chi connectivity index (χ2n) is 6.43. The van der Waals surface area contributed by atoms with Crippen LogP contribution in [-0.2, 0) is 19.0 Å². The summed E-state index contributed by atoms with van der Waals surface area (Å²) in [6, 6.07) is 9.42. The van der Waals surface area contributed by atoms with E-state index in [1.54, 1.807) is 0 Å². The lowest BCUT2D eigenvalue weighted by Gasteiger charge is -2.38. The molecule has 2 aliphatic rings. The first-order valence-electron chi connectivity index (χ1n) is 8.22. The zero-order chi connectivity index (χ0) is 16.3. The molecule has 0 radical (unpaired) electrons. The number of ether oxygens (including phenoxy) is 3. The molecule has 4 heteroatoms. The highest BCUT2D eigenvalue weighted by Crippen LogP contribution is 2.58. The number of hydrogen-bond acceptors (Lipinski definition) is 4. The Bertz CT molecular complexity index is 556. The lowest BCUT2D eigenvalue weighted by molar-refractivity contribution is -0.246. The zero-order valence-corrected chi connectivity index (χ0v) is 13.6. The summed E-state index contributed by atoms with van der Waals surface area (Å²) in [5.74, 6) is -1.19. The molecule has 0 N–H and O–H groups in total. The highest BCUT2D eigenvalue weighted by atomic mass is 16.7. The van der Waals surface area contributed by atoms with Gasteiger partial charge in [0.05, 0.1) is 6.61 Å². The largest absolute Gasteiger partial charge is 0.430 e. The van der Waals surface area contributed by atoms with E-state index in [1.807, 2.05) is 36.4 Å². The summed E-state index contributed by atoms with van der Waals surface area (Å²) in [6.45, 7) is 4.50. The number of allylic oxidation sites excluding steroid dienone is 1. The van der Waals surface area contributed by atoms with E-state index >= 15 is 0 Å². The van der Waals surface area contributed by atoms with Crippen LogP contribution in [-0.4, -0.2) is 25.5 Å². The Kier molecular flexibility index (Phi) is 4.55. The van der Waals surface area contributed by atoms with Crippen molar-refractivity contribution in [2.24, 2.45) is 5.41 Å². The number of fused-ring (bicyclic) bond motifs is 1. The molecule has 0 bridgehead atoms. The Morgan fingerprint density at radius 1 is 1.35 bits per heavy atom. The average molecular weight is 316 g/mol. The molecule has 1 aliphatic heterocycles. The summed E-state index contributed by atoms with van der Waals surface area (Å²) in [6.07, 6.45) is 5.67. The Balaban J connectivity index is 1.82. The van der Waals surface area contributed by atoms with Gasteiger partial charge in [-0.1, -0.05) is 36.4 Å². The number of rotatable bonds is 6. The molecule has 124 valence electrons. The maximum absolute atomic E-state index is 12.8. The quantitative estimate of drug-likeness (QED) is 0.592. The highest BCUT2D eigenvalue weighted by Gasteiger charge is 2.62. The number of benzene rings is 1. The third-order valence-electron chi connectivity index (χ3n) is 5.24. The van der Waals surface area contributed by atoms with Gasteiger partial charge < -0.3 is 14.2 Å². The summed E-state index contributed by atoms with van der Waals surface area (Å²) in [5.41, 5.74) is 0.668. The van der Waals surface area contributed by atoms with Gasteiger partial charge in [-0.05, 0) is 31.2 Å². The predicted molar refractivity (Wildman–Crippen MR) is 86.7 cm³/mol. The number of methoxy groups -OCH3 is 1. The van der Waals surface area contributed by atoms with Crippen molar-refractivity contribution in [3.63, 3.8) is 0 Å². The normalized spacial score (nSPS) is 30.7. The fourth-order valence-electron chi connectivity index (χ4n) is 4.10. The van der Waals surface area contributed by atoms with Crippen LogP contribution in [0.3, 0.4) is 0 Å². The van der Waals surface area contributed by atoms with Crippen molar-refractivity contribution in [2.45, 2.75) is 44.0 Å². The molecule has 3 atom stereocenters. The SMILES string of the molecule is C=CCC12CCCC1(OC(=O)C(OC)c1ccccc1)OCC2. The Morgan fingerprint density at radius 2 is 2.13 bits per heavy atom. The molecule has 23 heavy (non-hydrogen) atoms. The molecule has 3 rings (SSSR count). The second kappa shape index (κ2) is 6.46. The number of carbonyl (C=O) groups is 1. The monoisotopic (exact) mass is 316 g/mol. The molecule has 1 heterocycles. The van der Waals surface area contributed by atoms with Crippen LogP contribution in [0.4, 0.5) is 0 Å². The van der Waals surface area contributed by atoms with Crippen LogP contribution in [0.1, 0.15) is 43.8 Å². The smallest absolute Gasteiger partial charge is 0.342 e. The van der Waals surface area contributed by atoms with E-state index in [0.29, 0.717) is 6.61 Å². The number of carbonyl (C=O) groups excluding carboxylic acids is 1. The molecule has 0 aromatic heterocycles. The molecule has 3 unspecified atom stereocenters. The van der Waals surface area contributed by atoms with Crippen LogP contribution in [0.2, 0.25) is 0 Å². The van der Waals surface area contributed by atoms with Crippen molar-refractivity contribution < 1.29 is 19.0 Å². The summed E-state index contributed by atoms with van der Waals surface area (Å²) in [5, 5.41) is 0. The Labute approximate surface area is 137 Å². The van der Waals surface area contributed by atoms with E-state index in [0.717, 1.165) is 37.7 Å². The van der Waals surface area contributed by atoms with Crippen molar-refractivity contribution in [1.29, 1.82) is 0 Å². The molecule has 1 saturated carbocycles. The van der Waals surface area contributed by atoms with E-state index in [4.69, 9.17) is 14.2 Å². The van der Waals surface area contributed by atoms with Gasteiger partial charge in [-0.25, -0.2) is 4.79 Å². The Hall–Kier alpha value is -1.65. The Morgan fingerprint density at radius 3 is 2.83 bits per heavy atom. The number of hydrogen-bond donors (Lipinski definition) is 0. The fraction of sp³-hybridized carbons (Fsp3) is 0.526. The van der Waals surface area contributed by atoms with Crippen molar-refractivity contribution in [2.75, 3.05) is 13.7 Å². The van der Waals surface area contributed by atoms with E-state index < -0.39 is 11.9 Å². The van der Waals surface area contributed by atoms with Gasteiger partial charge in [0.25, 0.3) is 0 Å². The van der Waals surface area contributed by atoms with Crippen LogP contribution >= 0.6 is 0 Å². The molecule has 2 fully saturated rings. The van der Waals surface area contributed by atoms with Gasteiger partial charge in [0.1, 0.15) is 0 Å². The number of esters is 1. The van der Waals surface area contributed by atoms with Gasteiger partial charge in [0, 0.05) is 18.9 Å². The molecular weight excluding hydrogens is 292 g/mol. The maximum Gasteiger partial charge on any atom is 0.342 e. The summed E-state index contributed by atoms with van der Waals surface area (Å²) in [7, 11) is 1.53. The van der Waals surface area contributed by atoms with Crippen molar-refractivity contribution in [3.05, 3.63) is 48.6 Å². The van der Waals surface area contributed by atoms with Crippen LogP contribution < -0.4 is 0 Å². The van der Waals surface area contributed by atoms with Gasteiger partial charge in [-0.15, -0.1) is 6.58 Å². The second-order valence-corrected chi connectivity index (χ2v) is 6.43. The third-order valence-corrected chi connectivity index (χ3v) is 5.24. The third kappa shape index (κ3) is 2.70. The lowest BCUT2D eigenvalue weighted by atomic mass is 9.77. The molecule has 1 saturated heterocycles. The molecular formula is C19H24O4. The first-order chi connectivity index (χ1) is 11.2.